The molecule has 1 nitrogen and oxygen atoms in total. The van der Waals surface area contributed by atoms with Crippen molar-refractivity contribution in [3.05, 3.63) is 35.4 Å². The van der Waals surface area contributed by atoms with Gasteiger partial charge in [-0.3, -0.25) is 0 Å². The van der Waals surface area contributed by atoms with Crippen molar-refractivity contribution in [3.8, 4) is 0 Å². The van der Waals surface area contributed by atoms with Crippen molar-refractivity contribution >= 4 is 15.9 Å². The highest BCUT2D eigenvalue weighted by Crippen LogP contribution is 2.38. The maximum atomic E-state index is 6.01. The molecule has 0 fully saturated rings. The fourth-order valence-electron chi connectivity index (χ4n) is 1.60. The van der Waals surface area contributed by atoms with Crippen LogP contribution in [0.2, 0.25) is 0 Å². The second-order valence-electron chi connectivity index (χ2n) is 3.02. The standard InChI is InChI=1S/C9H10BrN/c10-9(11)6-5-7-3-1-2-4-8(7)9/h1-4H,5-6,11H2. The Morgan fingerprint density at radius 2 is 2.09 bits per heavy atom. The van der Waals surface area contributed by atoms with Crippen LogP contribution in [0.4, 0.5) is 0 Å². The predicted molar refractivity (Wildman–Crippen MR) is 49.6 cm³/mol. The SMILES string of the molecule is NC1(Br)CCc2ccccc21. The maximum absolute atomic E-state index is 6.01. The van der Waals surface area contributed by atoms with E-state index in [1.807, 2.05) is 6.07 Å². The fraction of sp³-hybridized carbons (Fsp3) is 0.333. The zero-order chi connectivity index (χ0) is 7.90. The molecule has 0 saturated heterocycles. The third-order valence-corrected chi connectivity index (χ3v) is 3.05. The first-order valence-corrected chi connectivity index (χ1v) is 4.56. The largest absolute Gasteiger partial charge is 0.313 e. The van der Waals surface area contributed by atoms with Gasteiger partial charge >= 0.3 is 0 Å². The van der Waals surface area contributed by atoms with Crippen LogP contribution in [0.25, 0.3) is 0 Å². The molecule has 58 valence electrons. The Morgan fingerprint density at radius 1 is 1.36 bits per heavy atom. The van der Waals surface area contributed by atoms with Crippen molar-refractivity contribution in [3.63, 3.8) is 0 Å². The highest BCUT2D eigenvalue weighted by molar-refractivity contribution is 9.09. The summed E-state index contributed by atoms with van der Waals surface area (Å²) in [7, 11) is 0. The third-order valence-electron chi connectivity index (χ3n) is 2.22. The van der Waals surface area contributed by atoms with E-state index < -0.39 is 0 Å². The summed E-state index contributed by atoms with van der Waals surface area (Å²) in [5, 5.41) is 0. The second-order valence-corrected chi connectivity index (χ2v) is 4.43. The average Bonchev–Trinajstić information content (AvgIpc) is 2.29. The Hall–Kier alpha value is -0.340. The number of rotatable bonds is 0. The molecule has 2 heteroatoms. The number of benzene rings is 1. The van der Waals surface area contributed by atoms with E-state index in [1.165, 1.54) is 11.1 Å². The van der Waals surface area contributed by atoms with Crippen molar-refractivity contribution in [2.24, 2.45) is 5.73 Å². The first-order valence-electron chi connectivity index (χ1n) is 3.76. The minimum absolute atomic E-state index is 0.260. The zero-order valence-corrected chi connectivity index (χ0v) is 7.76. The fourth-order valence-corrected chi connectivity index (χ4v) is 2.18. The minimum atomic E-state index is -0.260. The van der Waals surface area contributed by atoms with E-state index in [0.717, 1.165) is 12.8 Å². The summed E-state index contributed by atoms with van der Waals surface area (Å²) in [6.45, 7) is 0. The molecule has 1 unspecified atom stereocenters. The minimum Gasteiger partial charge on any atom is -0.313 e. The van der Waals surface area contributed by atoms with Gasteiger partial charge in [-0.15, -0.1) is 0 Å². The van der Waals surface area contributed by atoms with Crippen molar-refractivity contribution in [2.45, 2.75) is 17.3 Å². The van der Waals surface area contributed by atoms with Gasteiger partial charge in [-0.1, -0.05) is 40.2 Å². The topological polar surface area (TPSA) is 26.0 Å². The number of aryl methyl sites for hydroxylation is 1. The molecule has 0 aromatic heterocycles. The molecule has 1 aromatic rings. The Kier molecular flexibility index (Phi) is 1.55. The highest BCUT2D eigenvalue weighted by Gasteiger charge is 2.31. The molecule has 1 aliphatic carbocycles. The van der Waals surface area contributed by atoms with Gasteiger partial charge in [-0.25, -0.2) is 0 Å². The molecule has 0 heterocycles. The van der Waals surface area contributed by atoms with Crippen molar-refractivity contribution in [1.82, 2.24) is 0 Å². The maximum Gasteiger partial charge on any atom is 0.0978 e. The Labute approximate surface area is 74.7 Å². The lowest BCUT2D eigenvalue weighted by molar-refractivity contribution is 0.663. The molecule has 1 aliphatic rings. The number of hydrogen-bond donors (Lipinski definition) is 1. The molecule has 2 N–H and O–H groups in total. The first kappa shape index (κ1) is 7.32. The van der Waals surface area contributed by atoms with Crippen LogP contribution in [-0.4, -0.2) is 0 Å². The molecule has 2 rings (SSSR count). The quantitative estimate of drug-likeness (QED) is 0.517. The summed E-state index contributed by atoms with van der Waals surface area (Å²) in [6, 6.07) is 8.34. The molecule has 0 amide bonds. The molecule has 1 aromatic carbocycles. The van der Waals surface area contributed by atoms with Gasteiger partial charge in [-0.05, 0) is 24.0 Å². The summed E-state index contributed by atoms with van der Waals surface area (Å²) < 4.78 is -0.260. The summed E-state index contributed by atoms with van der Waals surface area (Å²) in [5.74, 6) is 0. The molecule has 0 radical (unpaired) electrons. The third kappa shape index (κ3) is 1.10. The van der Waals surface area contributed by atoms with Crippen LogP contribution < -0.4 is 5.73 Å². The van der Waals surface area contributed by atoms with Crippen LogP contribution in [0.5, 0.6) is 0 Å². The van der Waals surface area contributed by atoms with Crippen molar-refractivity contribution < 1.29 is 0 Å². The lowest BCUT2D eigenvalue weighted by atomic mass is 10.1. The van der Waals surface area contributed by atoms with Gasteiger partial charge in [0.05, 0.1) is 4.45 Å². The number of nitrogens with two attached hydrogens (primary N) is 1. The van der Waals surface area contributed by atoms with E-state index in [9.17, 15) is 0 Å². The normalized spacial score (nSPS) is 28.5. The Bertz CT molecular complexity index is 281. The van der Waals surface area contributed by atoms with Crippen LogP contribution in [0.1, 0.15) is 17.5 Å². The number of hydrogen-bond acceptors (Lipinski definition) is 1. The van der Waals surface area contributed by atoms with Gasteiger partial charge < -0.3 is 5.73 Å². The van der Waals surface area contributed by atoms with Gasteiger partial charge in [-0.2, -0.15) is 0 Å². The number of fused-ring (bicyclic) bond motifs is 1. The highest BCUT2D eigenvalue weighted by atomic mass is 79.9. The zero-order valence-electron chi connectivity index (χ0n) is 6.18. The molecule has 0 aliphatic heterocycles. The van der Waals surface area contributed by atoms with E-state index in [-0.39, 0.29) is 4.45 Å². The summed E-state index contributed by atoms with van der Waals surface area (Å²) in [5.41, 5.74) is 8.64. The van der Waals surface area contributed by atoms with Gasteiger partial charge in [0.25, 0.3) is 0 Å². The predicted octanol–water partition coefficient (Wildman–Crippen LogP) is 2.14. The van der Waals surface area contributed by atoms with Crippen molar-refractivity contribution in [1.29, 1.82) is 0 Å². The number of halogens is 1. The van der Waals surface area contributed by atoms with E-state index in [1.54, 1.807) is 0 Å². The van der Waals surface area contributed by atoms with Crippen LogP contribution in [0.15, 0.2) is 24.3 Å². The van der Waals surface area contributed by atoms with Crippen LogP contribution >= 0.6 is 15.9 Å². The van der Waals surface area contributed by atoms with Crippen LogP contribution in [0.3, 0.4) is 0 Å². The van der Waals surface area contributed by atoms with Gasteiger partial charge in [0.15, 0.2) is 0 Å². The van der Waals surface area contributed by atoms with Crippen LogP contribution in [0, 0.1) is 0 Å². The lowest BCUT2D eigenvalue weighted by Crippen LogP contribution is -2.25. The van der Waals surface area contributed by atoms with E-state index in [4.69, 9.17) is 5.73 Å². The molecule has 0 saturated carbocycles. The molecule has 1 atom stereocenters. The molecule has 0 bridgehead atoms. The van der Waals surface area contributed by atoms with E-state index >= 15 is 0 Å². The summed E-state index contributed by atoms with van der Waals surface area (Å²) >= 11 is 3.52. The van der Waals surface area contributed by atoms with Crippen molar-refractivity contribution in [2.75, 3.05) is 0 Å². The second kappa shape index (κ2) is 2.32. The molecule has 0 spiro atoms. The number of alkyl halides is 1. The van der Waals surface area contributed by atoms with Gasteiger partial charge in [0, 0.05) is 0 Å². The average molecular weight is 212 g/mol. The Balaban J connectivity index is 2.56. The van der Waals surface area contributed by atoms with Crippen LogP contribution in [-0.2, 0) is 10.9 Å². The van der Waals surface area contributed by atoms with Gasteiger partial charge in [0.1, 0.15) is 0 Å². The van der Waals surface area contributed by atoms with Gasteiger partial charge in [0.2, 0.25) is 0 Å². The summed E-state index contributed by atoms with van der Waals surface area (Å²) in [4.78, 5) is 0. The Morgan fingerprint density at radius 3 is 2.82 bits per heavy atom. The lowest BCUT2D eigenvalue weighted by Gasteiger charge is -2.15. The monoisotopic (exact) mass is 211 g/mol. The molecular weight excluding hydrogens is 202 g/mol. The molecular formula is C9H10BrN. The van der Waals surface area contributed by atoms with E-state index in [0.29, 0.717) is 0 Å². The molecule has 11 heavy (non-hydrogen) atoms. The van der Waals surface area contributed by atoms with E-state index in [2.05, 4.69) is 34.1 Å². The smallest absolute Gasteiger partial charge is 0.0978 e. The summed E-state index contributed by atoms with van der Waals surface area (Å²) in [6.07, 6.45) is 2.10. The first-order chi connectivity index (χ1) is 5.20.